The lowest BCUT2D eigenvalue weighted by molar-refractivity contribution is -0.175. The van der Waals surface area contributed by atoms with Gasteiger partial charge in [0.2, 0.25) is 5.91 Å². The van der Waals surface area contributed by atoms with Gasteiger partial charge in [-0.2, -0.15) is 0 Å². The predicted molar refractivity (Wildman–Crippen MR) is 308 cm³/mol. The van der Waals surface area contributed by atoms with Gasteiger partial charge in [-0.15, -0.1) is 0 Å². The van der Waals surface area contributed by atoms with Crippen LogP contribution in [-0.2, 0) is 81.0 Å². The Bertz CT molecular complexity index is 1600. The SMILES string of the molecule is CCCCC(CC)CC(=O)NC1CCCCC1.CCCCOC(=O)C1CC(C(=O)OCCCC)C(C(=O)OCCCC)CC1C(=O)OCCCC.CCCOC(=O)C1CC(C(=O)OCCC)C(C(=O)OCCC)CC1C(=O)OCCC. The highest BCUT2D eigenvalue weighted by atomic mass is 16.6. The molecular formula is C63H109NO17. The van der Waals surface area contributed by atoms with E-state index in [0.717, 1.165) is 38.5 Å². The lowest BCUT2D eigenvalue weighted by atomic mass is 9.68. The minimum Gasteiger partial charge on any atom is -0.465 e. The summed E-state index contributed by atoms with van der Waals surface area (Å²) in [7, 11) is 0. The van der Waals surface area contributed by atoms with Gasteiger partial charge in [-0.3, -0.25) is 43.2 Å². The van der Waals surface area contributed by atoms with Crippen molar-refractivity contribution in [3.05, 3.63) is 0 Å². The number of unbranched alkanes of at least 4 members (excludes halogenated alkanes) is 5. The number of ether oxygens (including phenoxy) is 8. The zero-order valence-electron chi connectivity index (χ0n) is 51.8. The van der Waals surface area contributed by atoms with Gasteiger partial charge < -0.3 is 43.2 Å². The molecule has 81 heavy (non-hydrogen) atoms. The largest absolute Gasteiger partial charge is 0.465 e. The van der Waals surface area contributed by atoms with E-state index in [-0.39, 0.29) is 78.5 Å². The van der Waals surface area contributed by atoms with Crippen LogP contribution in [0.25, 0.3) is 0 Å². The molecule has 0 saturated heterocycles. The molecule has 0 heterocycles. The molecular weight excluding hydrogens is 1040 g/mol. The Hall–Kier alpha value is -4.77. The van der Waals surface area contributed by atoms with Crippen molar-refractivity contribution in [2.75, 3.05) is 52.9 Å². The number of hydrogen-bond acceptors (Lipinski definition) is 17. The fourth-order valence-corrected chi connectivity index (χ4v) is 10.2. The van der Waals surface area contributed by atoms with Crippen LogP contribution in [0.3, 0.4) is 0 Å². The van der Waals surface area contributed by atoms with Gasteiger partial charge in [0.25, 0.3) is 0 Å². The molecule has 3 fully saturated rings. The number of esters is 8. The van der Waals surface area contributed by atoms with Crippen LogP contribution in [0, 0.1) is 53.3 Å². The topological polar surface area (TPSA) is 239 Å². The zero-order chi connectivity index (χ0) is 60.4. The van der Waals surface area contributed by atoms with Crippen LogP contribution in [-0.4, -0.2) is 113 Å². The molecule has 0 spiro atoms. The number of carbonyl (C=O) groups excluding carboxylic acids is 9. The summed E-state index contributed by atoms with van der Waals surface area (Å²) in [5.74, 6) is -10.4. The summed E-state index contributed by atoms with van der Waals surface area (Å²) in [5.41, 5.74) is 0. The van der Waals surface area contributed by atoms with Crippen molar-refractivity contribution in [1.29, 1.82) is 0 Å². The molecule has 3 rings (SSSR count). The number of carbonyl (C=O) groups is 9. The number of amides is 1. The minimum absolute atomic E-state index is 0.00297. The quantitative estimate of drug-likeness (QED) is 0.0352. The van der Waals surface area contributed by atoms with E-state index in [1.807, 2.05) is 55.4 Å². The third-order valence-corrected chi connectivity index (χ3v) is 15.1. The normalized spacial score (nSPS) is 21.9. The highest BCUT2D eigenvalue weighted by Crippen LogP contribution is 2.43. The molecule has 0 aliphatic heterocycles. The van der Waals surface area contributed by atoms with Crippen molar-refractivity contribution in [1.82, 2.24) is 5.32 Å². The third-order valence-electron chi connectivity index (χ3n) is 15.1. The van der Waals surface area contributed by atoms with Gasteiger partial charge in [-0.1, -0.05) is 133 Å². The van der Waals surface area contributed by atoms with E-state index in [1.165, 1.54) is 51.4 Å². The molecule has 0 aromatic heterocycles. The van der Waals surface area contributed by atoms with Gasteiger partial charge in [0.15, 0.2) is 0 Å². The van der Waals surface area contributed by atoms with Crippen LogP contribution in [0.5, 0.6) is 0 Å². The summed E-state index contributed by atoms with van der Waals surface area (Å²) < 4.78 is 42.7. The summed E-state index contributed by atoms with van der Waals surface area (Å²) in [6.45, 7) is 21.7. The molecule has 3 saturated carbocycles. The molecule has 9 atom stereocenters. The van der Waals surface area contributed by atoms with Crippen LogP contribution >= 0.6 is 0 Å². The Morgan fingerprint density at radius 2 is 0.580 bits per heavy atom. The second kappa shape index (κ2) is 45.7. The molecule has 0 aromatic rings. The van der Waals surface area contributed by atoms with Crippen LogP contribution < -0.4 is 5.32 Å². The van der Waals surface area contributed by atoms with Gasteiger partial charge in [0, 0.05) is 12.5 Å². The Balaban J connectivity index is 0.000000639. The monoisotopic (exact) mass is 1150 g/mol. The first-order valence-electron chi connectivity index (χ1n) is 31.7. The van der Waals surface area contributed by atoms with Gasteiger partial charge >= 0.3 is 47.8 Å². The van der Waals surface area contributed by atoms with Gasteiger partial charge in [-0.05, 0) is 102 Å². The molecule has 1 amide bonds. The van der Waals surface area contributed by atoms with E-state index in [4.69, 9.17) is 37.9 Å². The molecule has 0 bridgehead atoms. The summed E-state index contributed by atoms with van der Waals surface area (Å²) in [6, 6.07) is 0.472. The zero-order valence-corrected chi connectivity index (χ0v) is 51.8. The van der Waals surface area contributed by atoms with E-state index in [9.17, 15) is 43.2 Å². The number of hydrogen-bond donors (Lipinski definition) is 1. The van der Waals surface area contributed by atoms with Crippen LogP contribution in [0.2, 0.25) is 0 Å². The molecule has 1 N–H and O–H groups in total. The summed E-state index contributed by atoms with van der Waals surface area (Å²) in [6.07, 6.45) is 20.7. The van der Waals surface area contributed by atoms with Crippen LogP contribution in [0.1, 0.15) is 236 Å². The Kier molecular flexibility index (Phi) is 41.9. The first-order chi connectivity index (χ1) is 39.1. The first kappa shape index (κ1) is 74.2. The standard InChI is InChI=1S/C26H44O8.C22H36O8.C15H29NO/c1-5-9-13-31-23(27)19-17-21(25(29)33-15-11-7-3)22(26(30)34-16-12-8-4)18-20(19)24(28)32-14-10-6-2;1-5-9-27-19(23)15-13-17(21(25)29-11-7-3)18(22(26)30-12-8-4)14-16(15)20(24)28-10-6-2;1-3-5-9-13(4-2)12-15(17)16-14-10-7-6-8-11-14/h19-22H,5-18H2,1-4H3;15-18H,5-14H2,1-4H3;13-14H,3-12H2,1-2H3,(H,16,17). The average Bonchev–Trinajstić information content (AvgIpc) is 3.47. The molecule has 0 radical (unpaired) electrons. The van der Waals surface area contributed by atoms with Crippen molar-refractivity contribution in [2.24, 2.45) is 53.3 Å². The van der Waals surface area contributed by atoms with E-state index >= 15 is 0 Å². The Labute approximate surface area is 486 Å². The predicted octanol–water partition coefficient (Wildman–Crippen LogP) is 11.7. The number of rotatable bonds is 35. The molecule has 18 nitrogen and oxygen atoms in total. The summed E-state index contributed by atoms with van der Waals surface area (Å²) in [4.78, 5) is 114. The van der Waals surface area contributed by atoms with Crippen LogP contribution in [0.4, 0.5) is 0 Å². The molecule has 3 aliphatic rings. The van der Waals surface area contributed by atoms with E-state index in [2.05, 4.69) is 19.2 Å². The minimum atomic E-state index is -0.866. The Morgan fingerprint density at radius 3 is 0.802 bits per heavy atom. The lowest BCUT2D eigenvalue weighted by Crippen LogP contribution is -2.46. The highest BCUT2D eigenvalue weighted by Gasteiger charge is 2.52. The molecule has 468 valence electrons. The lowest BCUT2D eigenvalue weighted by Gasteiger charge is -2.37. The fraction of sp³-hybridized carbons (Fsp3) is 0.857. The Morgan fingerprint density at radius 1 is 0.333 bits per heavy atom. The second-order valence-electron chi connectivity index (χ2n) is 22.1. The van der Waals surface area contributed by atoms with Crippen molar-refractivity contribution < 1.29 is 81.0 Å². The highest BCUT2D eigenvalue weighted by molar-refractivity contribution is 5.89. The van der Waals surface area contributed by atoms with E-state index in [0.29, 0.717) is 69.2 Å². The van der Waals surface area contributed by atoms with E-state index < -0.39 is 95.1 Å². The van der Waals surface area contributed by atoms with Crippen molar-refractivity contribution >= 4 is 53.7 Å². The van der Waals surface area contributed by atoms with Crippen LogP contribution in [0.15, 0.2) is 0 Å². The van der Waals surface area contributed by atoms with Gasteiger partial charge in [-0.25, -0.2) is 0 Å². The smallest absolute Gasteiger partial charge is 0.309 e. The molecule has 3 aliphatic carbocycles. The van der Waals surface area contributed by atoms with E-state index in [1.54, 1.807) is 0 Å². The van der Waals surface area contributed by atoms with Crippen molar-refractivity contribution in [2.45, 2.75) is 242 Å². The van der Waals surface area contributed by atoms with Gasteiger partial charge in [0.05, 0.1) is 100 Å². The summed E-state index contributed by atoms with van der Waals surface area (Å²) in [5, 5.41) is 3.22. The number of nitrogens with one attached hydrogen (secondary N) is 1. The maximum atomic E-state index is 12.9. The molecule has 0 aromatic carbocycles. The molecule has 9 unspecified atom stereocenters. The van der Waals surface area contributed by atoms with Gasteiger partial charge in [0.1, 0.15) is 0 Å². The maximum absolute atomic E-state index is 12.9. The summed E-state index contributed by atoms with van der Waals surface area (Å²) >= 11 is 0. The first-order valence-corrected chi connectivity index (χ1v) is 31.7. The molecule has 18 heteroatoms. The van der Waals surface area contributed by atoms with Crippen molar-refractivity contribution in [3.63, 3.8) is 0 Å². The average molecular weight is 1150 g/mol. The third kappa shape index (κ3) is 29.4. The maximum Gasteiger partial charge on any atom is 0.309 e. The van der Waals surface area contributed by atoms with Crippen molar-refractivity contribution in [3.8, 4) is 0 Å². The second-order valence-corrected chi connectivity index (χ2v) is 22.1. The fourth-order valence-electron chi connectivity index (χ4n) is 10.2.